The summed E-state index contributed by atoms with van der Waals surface area (Å²) in [5.41, 5.74) is 4.31. The Morgan fingerprint density at radius 3 is 2.41 bits per heavy atom. The fourth-order valence-corrected chi connectivity index (χ4v) is 4.96. The van der Waals surface area contributed by atoms with E-state index < -0.39 is 0 Å². The van der Waals surface area contributed by atoms with Crippen molar-refractivity contribution < 1.29 is 0 Å². The topological polar surface area (TPSA) is 78.0 Å². The molecule has 0 unspecified atom stereocenters. The average Bonchev–Trinajstić information content (AvgIpc) is 3.34. The molecule has 0 spiro atoms. The third kappa shape index (κ3) is 6.21. The Kier molecular flexibility index (Phi) is 8.27. The Balaban J connectivity index is 1.50. The first-order valence-electron chi connectivity index (χ1n) is 13.7. The Bertz CT molecular complexity index is 1840. The summed E-state index contributed by atoms with van der Waals surface area (Å²) >= 11 is 0. The highest BCUT2D eigenvalue weighted by molar-refractivity contribution is 5.90. The first-order valence-corrected chi connectivity index (χ1v) is 13.7. The molecular weight excluding hydrogens is 512 g/mol. The van der Waals surface area contributed by atoms with Crippen molar-refractivity contribution in [1.82, 2.24) is 28.8 Å². The summed E-state index contributed by atoms with van der Waals surface area (Å²) < 4.78 is 4.60. The van der Waals surface area contributed by atoms with E-state index in [1.165, 1.54) is 17.2 Å². The Labute approximate surface area is 239 Å². The number of rotatable bonds is 8. The highest BCUT2D eigenvalue weighted by Gasteiger charge is 2.22. The zero-order valence-corrected chi connectivity index (χ0v) is 23.9. The highest BCUT2D eigenvalue weighted by atomic mass is 16.2. The second-order valence-corrected chi connectivity index (χ2v) is 10.8. The van der Waals surface area contributed by atoms with Gasteiger partial charge in [-0.2, -0.15) is 5.10 Å². The quantitative estimate of drug-likeness (QED) is 0.273. The molecule has 0 bridgehead atoms. The molecule has 8 heteroatoms. The summed E-state index contributed by atoms with van der Waals surface area (Å²) in [4.78, 5) is 32.9. The number of nitrogens with zero attached hydrogens (tertiary/aromatic N) is 6. The van der Waals surface area contributed by atoms with Gasteiger partial charge in [0.1, 0.15) is 5.39 Å². The van der Waals surface area contributed by atoms with Crippen LogP contribution in [0.2, 0.25) is 0 Å². The minimum Gasteiger partial charge on any atom is -0.291 e. The Morgan fingerprint density at radius 2 is 1.68 bits per heavy atom. The normalized spacial score (nSPS) is 11.3. The molecule has 0 amide bonds. The molecule has 0 fully saturated rings. The largest absolute Gasteiger partial charge is 0.332 e. The molecule has 0 radical (unpaired) electrons. The predicted octanol–water partition coefficient (Wildman–Crippen LogP) is 4.15. The first-order chi connectivity index (χ1) is 19.8. The standard InChI is InChI=1S/C33H34N6O2/c1-24(2)21-38-31-29(32(40)37(4)33(38)41)30(28-15-17-34-18-16-28)39(35-31)23-27-13-8-12-25(20-27)14-9-19-36(3)22-26-10-6-5-7-11-26/h5-8,10-13,15-18,20,24H,19,21-23H2,1-4H3. The van der Waals surface area contributed by atoms with Gasteiger partial charge in [0.05, 0.1) is 18.8 Å². The monoisotopic (exact) mass is 546 g/mol. The fraction of sp³-hybridized carbons (Fsp3) is 0.273. The van der Waals surface area contributed by atoms with Gasteiger partial charge >= 0.3 is 5.69 Å². The Morgan fingerprint density at radius 1 is 0.951 bits per heavy atom. The molecule has 3 heterocycles. The summed E-state index contributed by atoms with van der Waals surface area (Å²) in [5, 5.41) is 5.29. The van der Waals surface area contributed by atoms with Crippen molar-refractivity contribution in [3.63, 3.8) is 0 Å². The van der Waals surface area contributed by atoms with Crippen LogP contribution in [0.1, 0.15) is 30.5 Å². The van der Waals surface area contributed by atoms with Crippen LogP contribution in [-0.4, -0.2) is 42.4 Å². The van der Waals surface area contributed by atoms with Gasteiger partial charge in [-0.15, -0.1) is 0 Å². The van der Waals surface area contributed by atoms with Gasteiger partial charge in [0.25, 0.3) is 5.56 Å². The van der Waals surface area contributed by atoms with Crippen LogP contribution in [0, 0.1) is 17.8 Å². The van der Waals surface area contributed by atoms with Crippen LogP contribution in [0.4, 0.5) is 0 Å². The van der Waals surface area contributed by atoms with E-state index in [1.54, 1.807) is 17.0 Å². The molecule has 0 saturated heterocycles. The molecule has 0 N–H and O–H groups in total. The van der Waals surface area contributed by atoms with Crippen LogP contribution in [0.3, 0.4) is 0 Å². The van der Waals surface area contributed by atoms with Gasteiger partial charge in [-0.3, -0.25) is 28.5 Å². The van der Waals surface area contributed by atoms with E-state index >= 15 is 0 Å². The molecule has 0 atom stereocenters. The van der Waals surface area contributed by atoms with E-state index in [-0.39, 0.29) is 17.2 Å². The number of fused-ring (bicyclic) bond motifs is 1. The number of aromatic nitrogens is 5. The maximum Gasteiger partial charge on any atom is 0.332 e. The summed E-state index contributed by atoms with van der Waals surface area (Å²) in [6.07, 6.45) is 3.39. The van der Waals surface area contributed by atoms with Gasteiger partial charge in [0.2, 0.25) is 0 Å². The second-order valence-electron chi connectivity index (χ2n) is 10.8. The molecule has 8 nitrogen and oxygen atoms in total. The fourth-order valence-electron chi connectivity index (χ4n) is 4.96. The zero-order valence-electron chi connectivity index (χ0n) is 23.9. The number of hydrogen-bond acceptors (Lipinski definition) is 5. The summed E-state index contributed by atoms with van der Waals surface area (Å²) in [5.74, 6) is 6.77. The van der Waals surface area contributed by atoms with Crippen molar-refractivity contribution in [3.05, 3.63) is 117 Å². The first kappa shape index (κ1) is 27.8. The van der Waals surface area contributed by atoms with Gasteiger partial charge in [-0.25, -0.2) is 4.79 Å². The van der Waals surface area contributed by atoms with Crippen molar-refractivity contribution in [2.75, 3.05) is 13.6 Å². The maximum atomic E-state index is 13.4. The van der Waals surface area contributed by atoms with Crippen LogP contribution >= 0.6 is 0 Å². The molecule has 3 aromatic heterocycles. The van der Waals surface area contributed by atoms with Crippen LogP contribution in [-0.2, 0) is 26.7 Å². The SMILES string of the molecule is CC(C)Cn1c(=O)n(C)c(=O)c2c(-c3ccncc3)n(Cc3cccc(C#CCN(C)Cc4ccccc4)c3)nc21. The van der Waals surface area contributed by atoms with E-state index in [9.17, 15) is 9.59 Å². The van der Waals surface area contributed by atoms with E-state index in [1.807, 2.05) is 73.1 Å². The van der Waals surface area contributed by atoms with Crippen LogP contribution in [0.25, 0.3) is 22.3 Å². The van der Waals surface area contributed by atoms with Crippen molar-refractivity contribution >= 4 is 11.0 Å². The average molecular weight is 547 g/mol. The zero-order chi connectivity index (χ0) is 28.9. The van der Waals surface area contributed by atoms with Gasteiger partial charge in [-0.05, 0) is 48.4 Å². The smallest absolute Gasteiger partial charge is 0.291 e. The molecule has 2 aromatic carbocycles. The van der Waals surface area contributed by atoms with E-state index in [0.29, 0.717) is 36.4 Å². The number of hydrogen-bond donors (Lipinski definition) is 0. The van der Waals surface area contributed by atoms with Gasteiger partial charge in [-0.1, -0.05) is 68.2 Å². The van der Waals surface area contributed by atoms with E-state index in [2.05, 4.69) is 40.9 Å². The van der Waals surface area contributed by atoms with Crippen molar-refractivity contribution in [3.8, 4) is 23.1 Å². The molecule has 5 rings (SSSR count). The third-order valence-electron chi connectivity index (χ3n) is 6.86. The molecule has 208 valence electrons. The van der Waals surface area contributed by atoms with Gasteiger partial charge in [0, 0.05) is 43.7 Å². The van der Waals surface area contributed by atoms with Crippen molar-refractivity contribution in [2.45, 2.75) is 33.5 Å². The van der Waals surface area contributed by atoms with Crippen LogP contribution in [0.5, 0.6) is 0 Å². The minimum atomic E-state index is -0.364. The predicted molar refractivity (Wildman–Crippen MR) is 163 cm³/mol. The minimum absolute atomic E-state index is 0.199. The third-order valence-corrected chi connectivity index (χ3v) is 6.86. The van der Waals surface area contributed by atoms with Crippen LogP contribution in [0.15, 0.2) is 88.7 Å². The molecule has 0 saturated carbocycles. The molecule has 41 heavy (non-hydrogen) atoms. The van der Waals surface area contributed by atoms with Gasteiger partial charge < -0.3 is 0 Å². The molecule has 5 aromatic rings. The second kappa shape index (κ2) is 12.2. The van der Waals surface area contributed by atoms with E-state index in [0.717, 1.165) is 23.2 Å². The molecular formula is C33H34N6O2. The van der Waals surface area contributed by atoms with Crippen molar-refractivity contribution in [1.29, 1.82) is 0 Å². The maximum absolute atomic E-state index is 13.4. The number of pyridine rings is 1. The van der Waals surface area contributed by atoms with E-state index in [4.69, 9.17) is 5.10 Å². The molecule has 0 aliphatic heterocycles. The highest BCUT2D eigenvalue weighted by Crippen LogP contribution is 2.27. The lowest BCUT2D eigenvalue weighted by atomic mass is 10.1. The van der Waals surface area contributed by atoms with Crippen LogP contribution < -0.4 is 11.2 Å². The summed E-state index contributed by atoms with van der Waals surface area (Å²) in [7, 11) is 3.58. The number of benzene rings is 2. The van der Waals surface area contributed by atoms with Gasteiger partial charge in [0.15, 0.2) is 5.65 Å². The lowest BCUT2D eigenvalue weighted by Crippen LogP contribution is -2.38. The summed E-state index contributed by atoms with van der Waals surface area (Å²) in [6, 6.07) is 22.1. The molecule has 0 aliphatic carbocycles. The Hall–Kier alpha value is -4.74. The molecule has 0 aliphatic rings. The lowest BCUT2D eigenvalue weighted by molar-refractivity contribution is 0.369. The lowest BCUT2D eigenvalue weighted by Gasteiger charge is -2.12. The van der Waals surface area contributed by atoms with Crippen molar-refractivity contribution in [2.24, 2.45) is 13.0 Å². The summed E-state index contributed by atoms with van der Waals surface area (Å²) in [6.45, 7) is 6.43.